The Morgan fingerprint density at radius 2 is 2.04 bits per heavy atom. The van der Waals surface area contributed by atoms with E-state index < -0.39 is 5.54 Å². The van der Waals surface area contributed by atoms with Gasteiger partial charge in [-0.05, 0) is 49.8 Å². The van der Waals surface area contributed by atoms with E-state index in [1.807, 2.05) is 30.5 Å². The quantitative estimate of drug-likeness (QED) is 0.789. The van der Waals surface area contributed by atoms with Crippen molar-refractivity contribution in [1.82, 2.24) is 4.90 Å². The molecule has 0 spiro atoms. The number of thioether (sulfide) groups is 1. The maximum atomic E-state index is 12.8. The van der Waals surface area contributed by atoms with Crippen LogP contribution in [0.15, 0.2) is 29.2 Å². The van der Waals surface area contributed by atoms with E-state index in [1.54, 1.807) is 28.6 Å². The molecule has 126 valence electrons. The Morgan fingerprint density at radius 3 is 2.54 bits per heavy atom. The molecule has 0 N–H and O–H groups in total. The number of nitriles is 1. The van der Waals surface area contributed by atoms with Gasteiger partial charge in [-0.15, -0.1) is 11.8 Å². The standard InChI is InChI=1S/C18H21N3O2S/c1-20(18(12-19)8-3-9-18)17(23)13-10-16(22)21(11-13)14-4-6-15(24-2)7-5-14/h4-7,13H,3,8-11H2,1-2H3. The summed E-state index contributed by atoms with van der Waals surface area (Å²) < 4.78 is 0. The maximum Gasteiger partial charge on any atom is 0.229 e. The second kappa shape index (κ2) is 6.48. The van der Waals surface area contributed by atoms with Crippen molar-refractivity contribution < 1.29 is 9.59 Å². The zero-order valence-electron chi connectivity index (χ0n) is 14.0. The van der Waals surface area contributed by atoms with E-state index in [9.17, 15) is 14.9 Å². The predicted octanol–water partition coefficient (Wildman–Crippen LogP) is 2.67. The molecular formula is C18H21N3O2S. The van der Waals surface area contributed by atoms with Gasteiger partial charge in [0.15, 0.2) is 0 Å². The third-order valence-electron chi connectivity index (χ3n) is 5.22. The Balaban J connectivity index is 1.72. The van der Waals surface area contributed by atoms with Crippen LogP contribution < -0.4 is 4.90 Å². The molecule has 1 aliphatic heterocycles. The van der Waals surface area contributed by atoms with Gasteiger partial charge in [-0.1, -0.05) is 0 Å². The molecule has 5 nitrogen and oxygen atoms in total. The van der Waals surface area contributed by atoms with E-state index in [0.29, 0.717) is 6.54 Å². The van der Waals surface area contributed by atoms with Gasteiger partial charge >= 0.3 is 0 Å². The molecule has 0 aromatic heterocycles. The van der Waals surface area contributed by atoms with E-state index in [2.05, 4.69) is 6.07 Å². The highest BCUT2D eigenvalue weighted by Crippen LogP contribution is 2.38. The van der Waals surface area contributed by atoms with E-state index in [-0.39, 0.29) is 24.2 Å². The summed E-state index contributed by atoms with van der Waals surface area (Å²) in [5.41, 5.74) is 0.169. The Hall–Kier alpha value is -2.00. The summed E-state index contributed by atoms with van der Waals surface area (Å²) in [6, 6.07) is 10.1. The molecule has 2 fully saturated rings. The number of anilines is 1. The van der Waals surface area contributed by atoms with Gasteiger partial charge in [0.1, 0.15) is 5.54 Å². The lowest BCUT2D eigenvalue weighted by Gasteiger charge is -2.43. The van der Waals surface area contributed by atoms with Crippen LogP contribution in [0.3, 0.4) is 0 Å². The fourth-order valence-electron chi connectivity index (χ4n) is 3.40. The highest BCUT2D eigenvalue weighted by Gasteiger charge is 2.46. The van der Waals surface area contributed by atoms with Crippen LogP contribution in [0.4, 0.5) is 5.69 Å². The van der Waals surface area contributed by atoms with Crippen LogP contribution in [-0.2, 0) is 9.59 Å². The summed E-state index contributed by atoms with van der Waals surface area (Å²) in [7, 11) is 1.70. The van der Waals surface area contributed by atoms with Crippen molar-refractivity contribution in [3.05, 3.63) is 24.3 Å². The zero-order chi connectivity index (χ0) is 17.3. The van der Waals surface area contributed by atoms with Crippen molar-refractivity contribution in [3.8, 4) is 6.07 Å². The molecule has 1 saturated heterocycles. The Morgan fingerprint density at radius 1 is 1.38 bits per heavy atom. The van der Waals surface area contributed by atoms with Crippen molar-refractivity contribution in [2.45, 2.75) is 36.1 Å². The Bertz CT molecular complexity index is 691. The van der Waals surface area contributed by atoms with Gasteiger partial charge in [0.2, 0.25) is 11.8 Å². The van der Waals surface area contributed by atoms with E-state index in [4.69, 9.17) is 0 Å². The third-order valence-corrected chi connectivity index (χ3v) is 5.96. The molecule has 24 heavy (non-hydrogen) atoms. The summed E-state index contributed by atoms with van der Waals surface area (Å²) >= 11 is 1.65. The first kappa shape index (κ1) is 16.8. The zero-order valence-corrected chi connectivity index (χ0v) is 14.8. The number of carbonyl (C=O) groups excluding carboxylic acids is 2. The van der Waals surface area contributed by atoms with Gasteiger partial charge in [-0.3, -0.25) is 9.59 Å². The van der Waals surface area contributed by atoms with Crippen LogP contribution in [0.1, 0.15) is 25.7 Å². The Labute approximate surface area is 146 Å². The van der Waals surface area contributed by atoms with Gasteiger partial charge < -0.3 is 9.80 Å². The first-order chi connectivity index (χ1) is 11.5. The SMILES string of the molecule is CSc1ccc(N2CC(C(=O)N(C)C3(C#N)CCC3)CC2=O)cc1. The number of hydrogen-bond donors (Lipinski definition) is 0. The minimum atomic E-state index is -0.659. The van der Waals surface area contributed by atoms with Gasteiger partial charge in [-0.25, -0.2) is 0 Å². The number of nitrogens with zero attached hydrogens (tertiary/aromatic N) is 3. The molecule has 1 aliphatic carbocycles. The van der Waals surface area contributed by atoms with Crippen LogP contribution in [0.5, 0.6) is 0 Å². The lowest BCUT2D eigenvalue weighted by Crippen LogP contribution is -2.55. The second-order valence-corrected chi connectivity index (χ2v) is 7.38. The molecule has 3 rings (SSSR count). The van der Waals surface area contributed by atoms with Crippen LogP contribution in [0.25, 0.3) is 0 Å². The molecule has 0 radical (unpaired) electrons. The number of hydrogen-bond acceptors (Lipinski definition) is 4. The molecule has 1 aromatic carbocycles. The van der Waals surface area contributed by atoms with Crippen LogP contribution in [-0.4, -0.2) is 42.1 Å². The number of carbonyl (C=O) groups is 2. The summed E-state index contributed by atoms with van der Waals surface area (Å²) in [6.45, 7) is 0.391. The van der Waals surface area contributed by atoms with Gasteiger partial charge in [0, 0.05) is 30.6 Å². The maximum absolute atomic E-state index is 12.8. The predicted molar refractivity (Wildman–Crippen MR) is 93.6 cm³/mol. The highest BCUT2D eigenvalue weighted by atomic mass is 32.2. The van der Waals surface area contributed by atoms with E-state index in [1.165, 1.54) is 0 Å². The molecule has 6 heteroatoms. The van der Waals surface area contributed by atoms with Crippen LogP contribution in [0.2, 0.25) is 0 Å². The summed E-state index contributed by atoms with van der Waals surface area (Å²) in [4.78, 5) is 29.5. The normalized spacial score (nSPS) is 22.0. The monoisotopic (exact) mass is 343 g/mol. The topological polar surface area (TPSA) is 64.4 Å². The van der Waals surface area contributed by atoms with Crippen LogP contribution >= 0.6 is 11.8 Å². The van der Waals surface area contributed by atoms with Crippen molar-refractivity contribution >= 4 is 29.3 Å². The minimum Gasteiger partial charge on any atom is -0.327 e. The number of amides is 2. The molecule has 2 amide bonds. The summed E-state index contributed by atoms with van der Waals surface area (Å²) in [6.07, 6.45) is 4.65. The van der Waals surface area contributed by atoms with Crippen molar-refractivity contribution in [1.29, 1.82) is 5.26 Å². The molecule has 2 aliphatic rings. The van der Waals surface area contributed by atoms with Crippen molar-refractivity contribution in [2.24, 2.45) is 5.92 Å². The average Bonchev–Trinajstić information content (AvgIpc) is 2.95. The first-order valence-corrected chi connectivity index (χ1v) is 9.36. The van der Waals surface area contributed by atoms with Gasteiger partial charge in [0.25, 0.3) is 0 Å². The third kappa shape index (κ3) is 2.78. The van der Waals surface area contributed by atoms with Crippen molar-refractivity contribution in [3.63, 3.8) is 0 Å². The fraction of sp³-hybridized carbons (Fsp3) is 0.500. The molecule has 1 atom stereocenters. The molecular weight excluding hydrogens is 322 g/mol. The first-order valence-electron chi connectivity index (χ1n) is 8.14. The fourth-order valence-corrected chi connectivity index (χ4v) is 3.81. The number of benzene rings is 1. The molecule has 1 unspecified atom stereocenters. The molecule has 0 bridgehead atoms. The van der Waals surface area contributed by atoms with Crippen LogP contribution in [0, 0.1) is 17.2 Å². The van der Waals surface area contributed by atoms with Gasteiger partial charge in [-0.2, -0.15) is 5.26 Å². The average molecular weight is 343 g/mol. The van der Waals surface area contributed by atoms with Crippen molar-refractivity contribution in [2.75, 3.05) is 24.7 Å². The lowest BCUT2D eigenvalue weighted by atomic mass is 9.76. The summed E-state index contributed by atoms with van der Waals surface area (Å²) in [5.74, 6) is -0.486. The smallest absolute Gasteiger partial charge is 0.229 e. The summed E-state index contributed by atoms with van der Waals surface area (Å²) in [5, 5.41) is 9.41. The minimum absolute atomic E-state index is 0.0294. The molecule has 1 aromatic rings. The van der Waals surface area contributed by atoms with E-state index in [0.717, 1.165) is 29.8 Å². The Kier molecular flexibility index (Phi) is 4.55. The number of rotatable bonds is 4. The lowest BCUT2D eigenvalue weighted by molar-refractivity contribution is -0.140. The second-order valence-electron chi connectivity index (χ2n) is 6.50. The highest BCUT2D eigenvalue weighted by molar-refractivity contribution is 7.98. The van der Waals surface area contributed by atoms with E-state index >= 15 is 0 Å². The molecule has 1 saturated carbocycles. The largest absolute Gasteiger partial charge is 0.327 e. The van der Waals surface area contributed by atoms with Gasteiger partial charge in [0.05, 0.1) is 12.0 Å². The molecule has 1 heterocycles.